The van der Waals surface area contributed by atoms with Crippen molar-refractivity contribution >= 4 is 11.5 Å². The molecule has 1 unspecified atom stereocenters. The molecule has 0 amide bonds. The van der Waals surface area contributed by atoms with Gasteiger partial charge in [-0.15, -0.1) is 0 Å². The van der Waals surface area contributed by atoms with E-state index < -0.39 is 52.1 Å². The van der Waals surface area contributed by atoms with Gasteiger partial charge in [0.25, 0.3) is 5.56 Å². The highest BCUT2D eigenvalue weighted by atomic mass is 19.4. The summed E-state index contributed by atoms with van der Waals surface area (Å²) < 4.78 is 89.7. The summed E-state index contributed by atoms with van der Waals surface area (Å²) in [6.45, 7) is 4.05. The minimum atomic E-state index is -4.96. The number of ether oxygens (including phenoxy) is 1. The number of ketones is 1. The number of methoxy groups -OCH3 is 1. The van der Waals surface area contributed by atoms with E-state index in [9.17, 15) is 35.9 Å². The Kier molecular flexibility index (Phi) is 8.23. The largest absolute Gasteiger partial charge is 0.495 e. The van der Waals surface area contributed by atoms with E-state index in [2.05, 4.69) is 0 Å². The Morgan fingerprint density at radius 2 is 1.73 bits per heavy atom. The van der Waals surface area contributed by atoms with E-state index >= 15 is 0 Å². The van der Waals surface area contributed by atoms with E-state index in [0.717, 1.165) is 5.70 Å². The van der Waals surface area contributed by atoms with Gasteiger partial charge in [0.2, 0.25) is 0 Å². The van der Waals surface area contributed by atoms with E-state index in [1.807, 2.05) is 30.0 Å². The molecule has 0 spiro atoms. The van der Waals surface area contributed by atoms with Crippen molar-refractivity contribution in [1.29, 1.82) is 0 Å². The Morgan fingerprint density at radius 3 is 2.27 bits per heavy atom. The molecule has 1 atom stereocenters. The molecule has 218 valence electrons. The van der Waals surface area contributed by atoms with Crippen LogP contribution in [0.4, 0.5) is 32.0 Å². The standard InChI is InChI=1S/C29H27F6N3O3/c1-5-6-23(18-9-21(30)26(32)22(31)10-18)38-14-19(29(33,34)35)12-20(28(38)40)27(39)17-7-8-24(25(11-17)41-4)37-13-16(2)36(3)15-37/h7-14,23H,5-6,15H2,1-4H3. The third kappa shape index (κ3) is 5.82. The number of rotatable bonds is 8. The SMILES string of the molecule is CCCC(c1cc(F)c(F)c(F)c1)n1cc(C(F)(F)F)cc(C(=O)c2ccc(N3C=C(C)N(C)C3)c(OC)c2)c1=O. The van der Waals surface area contributed by atoms with Crippen molar-refractivity contribution in [2.75, 3.05) is 25.7 Å². The van der Waals surface area contributed by atoms with Gasteiger partial charge in [0.1, 0.15) is 5.75 Å². The molecular formula is C29H27F6N3O3. The monoisotopic (exact) mass is 579 g/mol. The minimum absolute atomic E-state index is 0.0287. The molecule has 4 rings (SSSR count). The Hall–Kier alpha value is -4.22. The van der Waals surface area contributed by atoms with Crippen LogP contribution in [0.3, 0.4) is 0 Å². The van der Waals surface area contributed by atoms with Gasteiger partial charge in [-0.3, -0.25) is 9.59 Å². The lowest BCUT2D eigenvalue weighted by Crippen LogP contribution is -2.32. The second-order valence-electron chi connectivity index (χ2n) is 9.75. The zero-order valence-corrected chi connectivity index (χ0v) is 22.7. The lowest BCUT2D eigenvalue weighted by atomic mass is 9.98. The van der Waals surface area contributed by atoms with Crippen molar-refractivity contribution in [2.24, 2.45) is 0 Å². The number of nitrogens with zero attached hydrogens (tertiary/aromatic N) is 3. The van der Waals surface area contributed by atoms with Crippen molar-refractivity contribution in [3.8, 4) is 5.75 Å². The number of benzene rings is 2. The van der Waals surface area contributed by atoms with Crippen molar-refractivity contribution in [3.05, 3.63) is 105 Å². The molecule has 12 heteroatoms. The summed E-state index contributed by atoms with van der Waals surface area (Å²) in [6.07, 6.45) is -2.34. The van der Waals surface area contributed by atoms with E-state index in [0.29, 0.717) is 41.3 Å². The van der Waals surface area contributed by atoms with E-state index in [1.165, 1.54) is 19.2 Å². The fourth-order valence-electron chi connectivity index (χ4n) is 4.72. The van der Waals surface area contributed by atoms with Gasteiger partial charge in [0.15, 0.2) is 23.2 Å². The van der Waals surface area contributed by atoms with Crippen LogP contribution in [0.15, 0.2) is 59.3 Å². The van der Waals surface area contributed by atoms with Crippen LogP contribution in [-0.2, 0) is 6.18 Å². The third-order valence-corrected chi connectivity index (χ3v) is 6.96. The molecule has 1 aliphatic rings. The topological polar surface area (TPSA) is 54.8 Å². The van der Waals surface area contributed by atoms with Crippen molar-refractivity contribution < 1.29 is 35.9 Å². The van der Waals surface area contributed by atoms with E-state index in [-0.39, 0.29) is 29.7 Å². The quantitative estimate of drug-likeness (QED) is 0.174. The summed E-state index contributed by atoms with van der Waals surface area (Å²) in [5.41, 5.74) is -2.00. The van der Waals surface area contributed by atoms with Crippen LogP contribution in [-0.4, -0.2) is 36.1 Å². The summed E-state index contributed by atoms with van der Waals surface area (Å²) in [6, 6.07) is 4.66. The zero-order valence-electron chi connectivity index (χ0n) is 22.7. The van der Waals surface area contributed by atoms with Crippen LogP contribution in [0.1, 0.15) is 59.8 Å². The molecule has 6 nitrogen and oxygen atoms in total. The van der Waals surface area contributed by atoms with Crippen LogP contribution in [0.2, 0.25) is 0 Å². The molecule has 0 N–H and O–H groups in total. The fourth-order valence-corrected chi connectivity index (χ4v) is 4.72. The minimum Gasteiger partial charge on any atom is -0.495 e. The zero-order chi connectivity index (χ0) is 30.2. The Morgan fingerprint density at radius 1 is 1.07 bits per heavy atom. The van der Waals surface area contributed by atoms with Crippen LogP contribution >= 0.6 is 0 Å². The average molecular weight is 580 g/mol. The number of alkyl halides is 3. The third-order valence-electron chi connectivity index (χ3n) is 6.96. The van der Waals surface area contributed by atoms with Gasteiger partial charge in [0.05, 0.1) is 36.6 Å². The van der Waals surface area contributed by atoms with E-state index in [4.69, 9.17) is 4.74 Å². The number of allylic oxidation sites excluding steroid dienone is 1. The number of halogens is 6. The number of aromatic nitrogens is 1. The average Bonchev–Trinajstić information content (AvgIpc) is 3.26. The van der Waals surface area contributed by atoms with Crippen molar-refractivity contribution in [3.63, 3.8) is 0 Å². The molecule has 0 fully saturated rings. The lowest BCUT2D eigenvalue weighted by Gasteiger charge is -2.23. The first-order valence-electron chi connectivity index (χ1n) is 12.6. The summed E-state index contributed by atoms with van der Waals surface area (Å²) in [5.74, 6) is -5.61. The number of hydrogen-bond donors (Lipinski definition) is 0. The molecule has 0 bridgehead atoms. The van der Waals surface area contributed by atoms with Crippen molar-refractivity contribution in [1.82, 2.24) is 9.47 Å². The molecule has 0 saturated heterocycles. The van der Waals surface area contributed by atoms with Gasteiger partial charge in [-0.1, -0.05) is 13.3 Å². The van der Waals surface area contributed by atoms with Crippen LogP contribution in [0, 0.1) is 17.5 Å². The highest BCUT2D eigenvalue weighted by Gasteiger charge is 2.35. The highest BCUT2D eigenvalue weighted by Crippen LogP contribution is 2.35. The smallest absolute Gasteiger partial charge is 0.417 e. The first kappa shape index (κ1) is 29.8. The number of carbonyl (C=O) groups excluding carboxylic acids is 1. The molecule has 2 aromatic carbocycles. The Bertz CT molecular complexity index is 1560. The van der Waals surface area contributed by atoms with Crippen molar-refractivity contribution in [2.45, 2.75) is 38.9 Å². The number of anilines is 1. The first-order chi connectivity index (χ1) is 19.3. The Balaban J connectivity index is 1.86. The van der Waals surface area contributed by atoms with Gasteiger partial charge < -0.3 is 19.1 Å². The number of carbonyl (C=O) groups is 1. The molecule has 0 saturated carbocycles. The normalized spacial score (nSPS) is 14.3. The molecule has 1 aliphatic heterocycles. The summed E-state index contributed by atoms with van der Waals surface area (Å²) >= 11 is 0. The van der Waals surface area contributed by atoms with Gasteiger partial charge in [0, 0.05) is 30.7 Å². The first-order valence-corrected chi connectivity index (χ1v) is 12.6. The number of hydrogen-bond acceptors (Lipinski definition) is 5. The molecule has 0 aliphatic carbocycles. The van der Waals surface area contributed by atoms with E-state index in [1.54, 1.807) is 13.0 Å². The predicted molar refractivity (Wildman–Crippen MR) is 140 cm³/mol. The van der Waals surface area contributed by atoms with Crippen LogP contribution in [0.25, 0.3) is 0 Å². The lowest BCUT2D eigenvalue weighted by molar-refractivity contribution is -0.138. The second kappa shape index (κ2) is 11.3. The fraction of sp³-hybridized carbons (Fsp3) is 0.310. The van der Waals surface area contributed by atoms with Gasteiger partial charge in [-0.2, -0.15) is 13.2 Å². The second-order valence-corrected chi connectivity index (χ2v) is 9.75. The molecule has 2 heterocycles. The summed E-state index contributed by atoms with van der Waals surface area (Å²) in [5, 5.41) is 0. The van der Waals surface area contributed by atoms with Gasteiger partial charge >= 0.3 is 6.18 Å². The van der Waals surface area contributed by atoms with Crippen LogP contribution < -0.4 is 15.2 Å². The molecule has 1 aromatic heterocycles. The molecule has 41 heavy (non-hydrogen) atoms. The Labute approximate surface area is 232 Å². The number of pyridine rings is 1. The van der Waals surface area contributed by atoms with Gasteiger partial charge in [-0.25, -0.2) is 13.2 Å². The maximum absolute atomic E-state index is 14.1. The molecule has 3 aromatic rings. The molecular weight excluding hydrogens is 552 g/mol. The maximum Gasteiger partial charge on any atom is 0.417 e. The highest BCUT2D eigenvalue weighted by molar-refractivity contribution is 6.09. The maximum atomic E-state index is 14.1. The predicted octanol–water partition coefficient (Wildman–Crippen LogP) is 6.48. The molecule has 0 radical (unpaired) electrons. The van der Waals surface area contributed by atoms with Crippen LogP contribution in [0.5, 0.6) is 5.75 Å². The van der Waals surface area contributed by atoms with Gasteiger partial charge in [-0.05, 0) is 55.3 Å². The summed E-state index contributed by atoms with van der Waals surface area (Å²) in [7, 11) is 3.26. The summed E-state index contributed by atoms with van der Waals surface area (Å²) in [4.78, 5) is 30.9.